The Morgan fingerprint density at radius 3 is 2.63 bits per heavy atom. The molecular weight excluding hydrogens is 466 g/mol. The van der Waals surface area contributed by atoms with Crippen LogP contribution >= 0.6 is 11.6 Å². The van der Waals surface area contributed by atoms with E-state index in [9.17, 15) is 14.4 Å². The minimum atomic E-state index is -0.552. The Bertz CT molecular complexity index is 1100. The Labute approximate surface area is 210 Å². The van der Waals surface area contributed by atoms with E-state index in [4.69, 9.17) is 11.6 Å². The third-order valence-corrected chi connectivity index (χ3v) is 7.86. The molecule has 0 radical (unpaired) electrons. The van der Waals surface area contributed by atoms with Crippen molar-refractivity contribution in [2.24, 2.45) is 5.92 Å². The first kappa shape index (κ1) is 23.9. The third-order valence-electron chi connectivity index (χ3n) is 7.62. The van der Waals surface area contributed by atoms with Crippen LogP contribution in [0.4, 0.5) is 5.69 Å². The van der Waals surface area contributed by atoms with E-state index in [0.29, 0.717) is 28.6 Å². The lowest BCUT2D eigenvalue weighted by Crippen LogP contribution is -2.47. The van der Waals surface area contributed by atoms with Crippen LogP contribution in [-0.4, -0.2) is 50.5 Å². The van der Waals surface area contributed by atoms with E-state index < -0.39 is 6.04 Å². The molecular formula is C26H32ClN5O3. The number of carbonyl (C=O) groups excluding carboxylic acids is 3. The molecule has 2 saturated carbocycles. The third kappa shape index (κ3) is 5.37. The maximum Gasteiger partial charge on any atom is 0.254 e. The highest BCUT2D eigenvalue weighted by molar-refractivity contribution is 6.31. The van der Waals surface area contributed by atoms with Crippen LogP contribution in [0.5, 0.6) is 0 Å². The first-order valence-corrected chi connectivity index (χ1v) is 13.1. The second-order valence-electron chi connectivity index (χ2n) is 10.1. The number of hydrogen-bond donors (Lipinski definition) is 2. The molecule has 0 spiro atoms. The van der Waals surface area contributed by atoms with E-state index in [1.54, 1.807) is 41.6 Å². The lowest BCUT2D eigenvalue weighted by Gasteiger charge is -2.33. The number of nitrogens with zero attached hydrogens (tertiary/aromatic N) is 3. The summed E-state index contributed by atoms with van der Waals surface area (Å²) in [5, 5.41) is 10.7. The van der Waals surface area contributed by atoms with Crippen LogP contribution in [-0.2, 0) is 16.1 Å². The average molecular weight is 498 g/mol. The second-order valence-corrected chi connectivity index (χ2v) is 10.5. The van der Waals surface area contributed by atoms with E-state index in [1.807, 2.05) is 0 Å². The summed E-state index contributed by atoms with van der Waals surface area (Å²) in [6, 6.07) is 6.68. The summed E-state index contributed by atoms with van der Waals surface area (Å²) < 4.78 is 1.53. The van der Waals surface area contributed by atoms with Crippen molar-refractivity contribution in [3.63, 3.8) is 0 Å². The van der Waals surface area contributed by atoms with E-state index in [-0.39, 0.29) is 36.3 Å². The van der Waals surface area contributed by atoms with Gasteiger partial charge >= 0.3 is 0 Å². The Balaban J connectivity index is 1.27. The predicted octanol–water partition coefficient (Wildman–Crippen LogP) is 4.01. The molecule has 1 aromatic heterocycles. The molecule has 186 valence electrons. The zero-order chi connectivity index (χ0) is 24.4. The molecule has 3 aliphatic rings. The zero-order valence-electron chi connectivity index (χ0n) is 19.8. The van der Waals surface area contributed by atoms with Crippen molar-refractivity contribution in [3.8, 4) is 0 Å². The average Bonchev–Trinajstić information content (AvgIpc) is 3.59. The Morgan fingerprint density at radius 1 is 1.06 bits per heavy atom. The summed E-state index contributed by atoms with van der Waals surface area (Å²) in [6.07, 6.45) is 12.4. The summed E-state index contributed by atoms with van der Waals surface area (Å²) in [6.45, 7) is 0.110. The Kier molecular flexibility index (Phi) is 7.09. The molecule has 5 rings (SSSR count). The molecule has 2 aromatic rings. The van der Waals surface area contributed by atoms with Gasteiger partial charge in [0.25, 0.3) is 5.91 Å². The fourth-order valence-corrected chi connectivity index (χ4v) is 6.18. The van der Waals surface area contributed by atoms with Crippen molar-refractivity contribution in [1.29, 1.82) is 0 Å². The van der Waals surface area contributed by atoms with Gasteiger partial charge in [0.2, 0.25) is 11.8 Å². The number of rotatable bonds is 6. The SMILES string of the molecule is O=C(Cn1cc(NC(=O)C2CC3CCCCC3N2C(=O)c2cccc(Cl)c2)cn1)NC1CCCC1. The van der Waals surface area contributed by atoms with Gasteiger partial charge < -0.3 is 15.5 Å². The molecule has 3 amide bonds. The number of carbonyl (C=O) groups is 3. The number of likely N-dealkylation sites (tertiary alicyclic amines) is 1. The minimum absolute atomic E-state index is 0.0630. The smallest absolute Gasteiger partial charge is 0.254 e. The van der Waals surface area contributed by atoms with Crippen LogP contribution in [0.15, 0.2) is 36.7 Å². The van der Waals surface area contributed by atoms with E-state index in [2.05, 4.69) is 15.7 Å². The fraction of sp³-hybridized carbons (Fsp3) is 0.538. The van der Waals surface area contributed by atoms with Gasteiger partial charge in [-0.3, -0.25) is 19.1 Å². The molecule has 3 fully saturated rings. The van der Waals surface area contributed by atoms with Crippen molar-refractivity contribution in [3.05, 3.63) is 47.2 Å². The lowest BCUT2D eigenvalue weighted by molar-refractivity contribution is -0.122. The largest absolute Gasteiger partial charge is 0.352 e. The van der Waals surface area contributed by atoms with Crippen LogP contribution in [0.2, 0.25) is 5.02 Å². The minimum Gasteiger partial charge on any atom is -0.352 e. The van der Waals surface area contributed by atoms with Gasteiger partial charge in [-0.2, -0.15) is 5.10 Å². The van der Waals surface area contributed by atoms with Crippen LogP contribution < -0.4 is 10.6 Å². The number of anilines is 1. The van der Waals surface area contributed by atoms with Gasteiger partial charge in [0.05, 0.1) is 11.9 Å². The van der Waals surface area contributed by atoms with Crippen molar-refractivity contribution >= 4 is 35.0 Å². The topological polar surface area (TPSA) is 96.3 Å². The van der Waals surface area contributed by atoms with Gasteiger partial charge in [0.15, 0.2) is 0 Å². The van der Waals surface area contributed by atoms with Crippen molar-refractivity contribution < 1.29 is 14.4 Å². The molecule has 3 atom stereocenters. The monoisotopic (exact) mass is 497 g/mol. The van der Waals surface area contributed by atoms with Crippen molar-refractivity contribution in [2.75, 3.05) is 5.32 Å². The van der Waals surface area contributed by atoms with Crippen LogP contribution in [0.25, 0.3) is 0 Å². The molecule has 2 N–H and O–H groups in total. The molecule has 0 bridgehead atoms. The first-order chi connectivity index (χ1) is 17.0. The number of aromatic nitrogens is 2. The highest BCUT2D eigenvalue weighted by atomic mass is 35.5. The number of benzene rings is 1. The maximum atomic E-state index is 13.5. The predicted molar refractivity (Wildman–Crippen MR) is 133 cm³/mol. The van der Waals surface area contributed by atoms with Crippen molar-refractivity contribution in [2.45, 2.75) is 82.5 Å². The highest BCUT2D eigenvalue weighted by Gasteiger charge is 2.47. The standard InChI is InChI=1S/C26H32ClN5O3/c27-19-8-5-7-18(12-19)26(35)32-22-11-4-1-6-17(22)13-23(32)25(34)30-21-14-28-31(15-21)16-24(33)29-20-9-2-3-10-20/h5,7-8,12,14-15,17,20,22-23H,1-4,6,9-11,13,16H2,(H,29,33)(H,30,34). The summed E-state index contributed by atoms with van der Waals surface area (Å²) in [5.74, 6) is -0.119. The maximum absolute atomic E-state index is 13.5. The quantitative estimate of drug-likeness (QED) is 0.630. The van der Waals surface area contributed by atoms with Gasteiger partial charge in [0.1, 0.15) is 12.6 Å². The molecule has 9 heteroatoms. The normalized spacial score (nSPS) is 24.3. The number of hydrogen-bond acceptors (Lipinski definition) is 4. The second kappa shape index (κ2) is 10.4. The summed E-state index contributed by atoms with van der Waals surface area (Å²) in [4.78, 5) is 41.0. The van der Waals surface area contributed by atoms with E-state index >= 15 is 0 Å². The van der Waals surface area contributed by atoms with Crippen molar-refractivity contribution in [1.82, 2.24) is 20.0 Å². The van der Waals surface area contributed by atoms with Gasteiger partial charge in [-0.25, -0.2) is 0 Å². The molecule has 8 nitrogen and oxygen atoms in total. The van der Waals surface area contributed by atoms with Gasteiger partial charge in [-0.15, -0.1) is 0 Å². The van der Waals surface area contributed by atoms with Crippen LogP contribution in [0.3, 0.4) is 0 Å². The van der Waals surface area contributed by atoms with E-state index in [0.717, 1.165) is 51.4 Å². The zero-order valence-corrected chi connectivity index (χ0v) is 20.5. The number of amides is 3. The molecule has 1 saturated heterocycles. The number of nitrogens with one attached hydrogen (secondary N) is 2. The molecule has 35 heavy (non-hydrogen) atoms. The van der Waals surface area contributed by atoms with Crippen LogP contribution in [0, 0.1) is 5.92 Å². The van der Waals surface area contributed by atoms with E-state index in [1.165, 1.54) is 4.68 Å². The molecule has 2 aliphatic carbocycles. The highest BCUT2D eigenvalue weighted by Crippen LogP contribution is 2.41. The first-order valence-electron chi connectivity index (χ1n) is 12.7. The molecule has 1 aromatic carbocycles. The van der Waals surface area contributed by atoms with Gasteiger partial charge in [-0.1, -0.05) is 43.4 Å². The summed E-state index contributed by atoms with van der Waals surface area (Å²) in [5.41, 5.74) is 1.02. The van der Waals surface area contributed by atoms with Gasteiger partial charge in [-0.05, 0) is 56.2 Å². The number of fused-ring (bicyclic) bond motifs is 1. The lowest BCUT2D eigenvalue weighted by atomic mass is 9.84. The van der Waals surface area contributed by atoms with Gasteiger partial charge in [0, 0.05) is 28.9 Å². The fourth-order valence-electron chi connectivity index (χ4n) is 5.99. The summed E-state index contributed by atoms with van der Waals surface area (Å²) >= 11 is 6.14. The molecule has 3 unspecified atom stereocenters. The molecule has 2 heterocycles. The van der Waals surface area contributed by atoms with Crippen LogP contribution in [0.1, 0.15) is 68.1 Å². The summed E-state index contributed by atoms with van der Waals surface area (Å²) in [7, 11) is 0. The number of halogens is 1. The Hall–Kier alpha value is -2.87. The molecule has 1 aliphatic heterocycles. The Morgan fingerprint density at radius 2 is 1.83 bits per heavy atom.